The van der Waals surface area contributed by atoms with E-state index in [9.17, 15) is 14.0 Å². The number of carbonyl (C=O) groups is 1. The summed E-state index contributed by atoms with van der Waals surface area (Å²) in [5.41, 5.74) is 0.747. The number of alkyl halides is 1. The lowest BCUT2D eigenvalue weighted by atomic mass is 10.3. The van der Waals surface area contributed by atoms with Gasteiger partial charge in [0.15, 0.2) is 11.5 Å². The molecule has 1 aromatic carbocycles. The van der Waals surface area contributed by atoms with Gasteiger partial charge in [-0.05, 0) is 30.3 Å². The Hall–Kier alpha value is -3.43. The highest BCUT2D eigenvalue weighted by molar-refractivity contribution is 6.02. The molecule has 3 rings (SSSR count). The van der Waals surface area contributed by atoms with Crippen LogP contribution in [0.1, 0.15) is 16.3 Å². The van der Waals surface area contributed by atoms with Crippen LogP contribution in [0.2, 0.25) is 0 Å². The summed E-state index contributed by atoms with van der Waals surface area (Å²) in [5.74, 6) is -0.241. The normalized spacial score (nSPS) is 10.6. The molecule has 2 heterocycles. The monoisotopic (exact) mass is 347 g/mol. The number of nitrogens with one attached hydrogen (secondary N) is 2. The van der Waals surface area contributed by atoms with Crippen molar-refractivity contribution in [3.63, 3.8) is 0 Å². The van der Waals surface area contributed by atoms with Crippen LogP contribution >= 0.6 is 0 Å². The first-order valence-corrected chi connectivity index (χ1v) is 7.32. The fourth-order valence-corrected chi connectivity index (χ4v) is 2.04. The first kappa shape index (κ1) is 16.4. The summed E-state index contributed by atoms with van der Waals surface area (Å²) in [6, 6.07) is 8.08. The Morgan fingerprint density at radius 1 is 1.32 bits per heavy atom. The van der Waals surface area contributed by atoms with Gasteiger partial charge in [-0.1, -0.05) is 5.16 Å². The average molecular weight is 347 g/mol. The minimum atomic E-state index is -0.654. The zero-order valence-electron chi connectivity index (χ0n) is 12.9. The zero-order chi connectivity index (χ0) is 17.6. The fraction of sp³-hybridized carbons (Fsp3) is 0.200. The summed E-state index contributed by atoms with van der Waals surface area (Å²) in [6.45, 7) is -0.414. The number of aromatic nitrogens is 4. The van der Waals surface area contributed by atoms with Crippen molar-refractivity contribution in [2.45, 2.75) is 6.54 Å². The molecule has 2 N–H and O–H groups in total. The van der Waals surface area contributed by atoms with Crippen molar-refractivity contribution in [2.75, 3.05) is 18.6 Å². The number of aromatic amines is 1. The lowest BCUT2D eigenvalue weighted by molar-refractivity contribution is 0.102. The van der Waals surface area contributed by atoms with Crippen molar-refractivity contribution >= 4 is 11.6 Å². The number of rotatable bonds is 7. The van der Waals surface area contributed by atoms with Crippen LogP contribution < -0.4 is 15.8 Å². The number of carbonyl (C=O) groups excluding carboxylic acids is 1. The highest BCUT2D eigenvalue weighted by Gasteiger charge is 2.11. The van der Waals surface area contributed by atoms with Crippen molar-refractivity contribution in [2.24, 2.45) is 0 Å². The molecule has 25 heavy (non-hydrogen) atoms. The second-order valence-electron chi connectivity index (χ2n) is 4.96. The van der Waals surface area contributed by atoms with Crippen LogP contribution in [0.4, 0.5) is 10.1 Å². The van der Waals surface area contributed by atoms with E-state index >= 15 is 0 Å². The van der Waals surface area contributed by atoms with Crippen molar-refractivity contribution in [1.82, 2.24) is 19.9 Å². The van der Waals surface area contributed by atoms with Gasteiger partial charge in [-0.2, -0.15) is 5.10 Å². The van der Waals surface area contributed by atoms with Crippen molar-refractivity contribution < 1.29 is 18.4 Å². The molecule has 0 saturated heterocycles. The molecule has 1 amide bonds. The Balaban J connectivity index is 1.60. The topological polar surface area (TPSA) is 115 Å². The van der Waals surface area contributed by atoms with Crippen LogP contribution in [-0.4, -0.2) is 39.1 Å². The average Bonchev–Trinajstić information content (AvgIpc) is 3.24. The maximum absolute atomic E-state index is 12.2. The summed E-state index contributed by atoms with van der Waals surface area (Å²) in [4.78, 5) is 25.4. The Kier molecular flexibility index (Phi) is 4.88. The van der Waals surface area contributed by atoms with Gasteiger partial charge in [0, 0.05) is 11.9 Å². The van der Waals surface area contributed by atoms with Gasteiger partial charge in [-0.3, -0.25) is 19.0 Å². The summed E-state index contributed by atoms with van der Waals surface area (Å²) in [5, 5.41) is 10.3. The Morgan fingerprint density at radius 3 is 2.80 bits per heavy atom. The van der Waals surface area contributed by atoms with E-state index in [0.717, 1.165) is 0 Å². The molecule has 2 aromatic heterocycles. The number of nitrogens with zero attached hydrogens (tertiary/aromatic N) is 3. The summed E-state index contributed by atoms with van der Waals surface area (Å²) < 4.78 is 23.0. The predicted octanol–water partition coefficient (Wildman–Crippen LogP) is 1.21. The van der Waals surface area contributed by atoms with Crippen molar-refractivity contribution in [1.29, 1.82) is 0 Å². The molecule has 0 atom stereocenters. The highest BCUT2D eigenvalue weighted by atomic mass is 19.1. The molecule has 0 spiro atoms. The van der Waals surface area contributed by atoms with Crippen LogP contribution in [0.5, 0.6) is 5.75 Å². The number of hydrogen-bond acceptors (Lipinski definition) is 6. The molecule has 0 fully saturated rings. The predicted molar refractivity (Wildman–Crippen MR) is 84.3 cm³/mol. The summed E-state index contributed by atoms with van der Waals surface area (Å²) >= 11 is 0. The summed E-state index contributed by atoms with van der Waals surface area (Å²) in [7, 11) is 0. The first-order valence-electron chi connectivity index (χ1n) is 7.32. The van der Waals surface area contributed by atoms with Gasteiger partial charge in [-0.25, -0.2) is 9.18 Å². The Labute approximate surface area is 140 Å². The van der Waals surface area contributed by atoms with E-state index in [-0.39, 0.29) is 18.8 Å². The van der Waals surface area contributed by atoms with E-state index in [1.807, 2.05) is 0 Å². The zero-order valence-corrected chi connectivity index (χ0v) is 12.9. The quantitative estimate of drug-likeness (QED) is 0.664. The van der Waals surface area contributed by atoms with Crippen LogP contribution in [-0.2, 0) is 6.54 Å². The van der Waals surface area contributed by atoms with E-state index in [2.05, 4.69) is 25.1 Å². The third kappa shape index (κ3) is 4.31. The van der Waals surface area contributed by atoms with Gasteiger partial charge in [0.1, 0.15) is 25.6 Å². The molecule has 130 valence electrons. The van der Waals surface area contributed by atoms with Crippen LogP contribution in [0, 0.1) is 0 Å². The standard InChI is InChI=1S/C15H14FN5O4/c16-6-8-24-11-3-1-10(2-4-11)17-14(22)12-5-7-21(19-12)9-13-18-15(23)25-20-13/h1-5,7H,6,8-9H2,(H,17,22)(H,18,20,23). The smallest absolute Gasteiger partial charge is 0.438 e. The minimum absolute atomic E-state index is 0.0140. The number of ether oxygens (including phenoxy) is 1. The second-order valence-corrected chi connectivity index (χ2v) is 4.96. The van der Waals surface area contributed by atoms with Gasteiger partial charge in [0.2, 0.25) is 0 Å². The van der Waals surface area contributed by atoms with Gasteiger partial charge in [0.05, 0.1) is 0 Å². The van der Waals surface area contributed by atoms with E-state index in [1.165, 1.54) is 10.7 Å². The van der Waals surface area contributed by atoms with E-state index in [0.29, 0.717) is 17.3 Å². The van der Waals surface area contributed by atoms with Crippen molar-refractivity contribution in [3.05, 3.63) is 58.6 Å². The van der Waals surface area contributed by atoms with Crippen LogP contribution in [0.25, 0.3) is 0 Å². The first-order chi connectivity index (χ1) is 12.1. The molecule has 0 unspecified atom stereocenters. The van der Waals surface area contributed by atoms with E-state index in [1.54, 1.807) is 30.5 Å². The fourth-order valence-electron chi connectivity index (χ4n) is 2.04. The number of H-pyrrole nitrogens is 1. The van der Waals surface area contributed by atoms with Crippen LogP contribution in [0.15, 0.2) is 45.8 Å². The lowest BCUT2D eigenvalue weighted by Crippen LogP contribution is -2.14. The third-order valence-electron chi connectivity index (χ3n) is 3.13. The summed E-state index contributed by atoms with van der Waals surface area (Å²) in [6.07, 6.45) is 1.58. The molecule has 3 aromatic rings. The SMILES string of the molecule is O=C(Nc1ccc(OCCF)cc1)c1ccn(Cc2noc(=O)[nH]2)n1. The molecule has 0 saturated carbocycles. The number of hydrogen-bond donors (Lipinski definition) is 2. The minimum Gasteiger partial charge on any atom is -0.491 e. The van der Waals surface area contributed by atoms with Gasteiger partial charge < -0.3 is 10.1 Å². The molecule has 0 aliphatic rings. The molecule has 0 radical (unpaired) electrons. The lowest BCUT2D eigenvalue weighted by Gasteiger charge is -2.06. The van der Waals surface area contributed by atoms with Crippen LogP contribution in [0.3, 0.4) is 0 Å². The van der Waals surface area contributed by atoms with E-state index in [4.69, 9.17) is 4.74 Å². The van der Waals surface area contributed by atoms with E-state index < -0.39 is 18.3 Å². The molecule has 0 aliphatic carbocycles. The molecular weight excluding hydrogens is 333 g/mol. The molecular formula is C15H14FN5O4. The Morgan fingerprint density at radius 2 is 2.12 bits per heavy atom. The van der Waals surface area contributed by atoms with Gasteiger partial charge >= 0.3 is 5.76 Å². The number of anilines is 1. The van der Waals surface area contributed by atoms with Crippen molar-refractivity contribution in [3.8, 4) is 5.75 Å². The van der Waals surface area contributed by atoms with Gasteiger partial charge in [0.25, 0.3) is 5.91 Å². The number of halogens is 1. The Bertz CT molecular complexity index is 899. The largest absolute Gasteiger partial charge is 0.491 e. The molecule has 10 heteroatoms. The maximum Gasteiger partial charge on any atom is 0.438 e. The number of amides is 1. The number of benzene rings is 1. The highest BCUT2D eigenvalue weighted by Crippen LogP contribution is 2.16. The molecule has 0 aliphatic heterocycles. The second kappa shape index (κ2) is 7.43. The molecule has 0 bridgehead atoms. The third-order valence-corrected chi connectivity index (χ3v) is 3.13. The maximum atomic E-state index is 12.2. The van der Waals surface area contributed by atoms with Gasteiger partial charge in [-0.15, -0.1) is 0 Å². The molecule has 9 nitrogen and oxygen atoms in total.